The minimum atomic E-state index is -0.156. The van der Waals surface area contributed by atoms with Crippen molar-refractivity contribution in [1.82, 2.24) is 10.2 Å². The molecule has 0 aliphatic rings. The molecule has 0 aliphatic heterocycles. The Hall–Kier alpha value is -1.84. The van der Waals surface area contributed by atoms with Crippen molar-refractivity contribution in [3.63, 3.8) is 0 Å². The second kappa shape index (κ2) is 7.25. The fraction of sp³-hybridized carbons (Fsp3) is 0.235. The number of amides is 1. The van der Waals surface area contributed by atoms with Gasteiger partial charge in [-0.25, -0.2) is 0 Å². The standard InChI is InChI=1S/C17H19ClN2O/c1-20(2)12-16(13-8-4-3-5-9-13)19-17(21)14-10-6-7-11-15(14)18/h3-11,16H,12H2,1-2H3,(H,19,21). The molecule has 2 aromatic carbocycles. The number of nitrogens with one attached hydrogen (secondary N) is 1. The van der Waals surface area contributed by atoms with Crippen LogP contribution in [0, 0.1) is 0 Å². The summed E-state index contributed by atoms with van der Waals surface area (Å²) in [5, 5.41) is 3.52. The first kappa shape index (κ1) is 15.5. The van der Waals surface area contributed by atoms with Crippen LogP contribution in [0.5, 0.6) is 0 Å². The Bertz CT molecular complexity index is 599. The summed E-state index contributed by atoms with van der Waals surface area (Å²) in [5.41, 5.74) is 1.57. The zero-order valence-electron chi connectivity index (χ0n) is 12.2. The predicted molar refractivity (Wildman–Crippen MR) is 86.7 cm³/mol. The van der Waals surface area contributed by atoms with E-state index in [4.69, 9.17) is 11.6 Å². The van der Waals surface area contributed by atoms with Crippen LogP contribution in [0.1, 0.15) is 22.0 Å². The fourth-order valence-electron chi connectivity index (χ4n) is 2.17. The predicted octanol–water partition coefficient (Wildman–Crippen LogP) is 3.37. The van der Waals surface area contributed by atoms with Crippen LogP contribution in [0.25, 0.3) is 0 Å². The van der Waals surface area contributed by atoms with Gasteiger partial charge in [-0.3, -0.25) is 4.79 Å². The molecule has 4 heteroatoms. The summed E-state index contributed by atoms with van der Waals surface area (Å²) in [5.74, 6) is -0.156. The molecule has 0 fully saturated rings. The van der Waals surface area contributed by atoms with Crippen molar-refractivity contribution in [2.24, 2.45) is 0 Å². The van der Waals surface area contributed by atoms with Gasteiger partial charge < -0.3 is 10.2 Å². The van der Waals surface area contributed by atoms with Crippen LogP contribution in [-0.4, -0.2) is 31.4 Å². The second-order valence-electron chi connectivity index (χ2n) is 5.18. The van der Waals surface area contributed by atoms with Gasteiger partial charge in [-0.1, -0.05) is 54.1 Å². The van der Waals surface area contributed by atoms with Crippen LogP contribution in [0.2, 0.25) is 5.02 Å². The van der Waals surface area contributed by atoms with E-state index in [2.05, 4.69) is 5.32 Å². The van der Waals surface area contributed by atoms with Gasteiger partial charge in [0, 0.05) is 6.54 Å². The SMILES string of the molecule is CN(C)CC(NC(=O)c1ccccc1Cl)c1ccccc1. The number of halogens is 1. The molecule has 2 rings (SSSR count). The molecule has 0 saturated carbocycles. The van der Waals surface area contributed by atoms with Crippen molar-refractivity contribution in [3.8, 4) is 0 Å². The smallest absolute Gasteiger partial charge is 0.253 e. The van der Waals surface area contributed by atoms with Gasteiger partial charge in [0.1, 0.15) is 0 Å². The van der Waals surface area contributed by atoms with Crippen molar-refractivity contribution in [3.05, 3.63) is 70.7 Å². The first-order valence-corrected chi connectivity index (χ1v) is 7.21. The van der Waals surface area contributed by atoms with Crippen LogP contribution in [-0.2, 0) is 0 Å². The van der Waals surface area contributed by atoms with Crippen LogP contribution in [0.4, 0.5) is 0 Å². The molecule has 3 nitrogen and oxygen atoms in total. The maximum atomic E-state index is 12.4. The Balaban J connectivity index is 2.19. The minimum absolute atomic E-state index is 0.0787. The zero-order chi connectivity index (χ0) is 15.2. The lowest BCUT2D eigenvalue weighted by Gasteiger charge is -2.23. The van der Waals surface area contributed by atoms with Gasteiger partial charge in [-0.05, 0) is 31.8 Å². The Morgan fingerprint density at radius 1 is 1.10 bits per heavy atom. The normalized spacial score (nSPS) is 12.2. The van der Waals surface area contributed by atoms with Crippen molar-refractivity contribution in [2.45, 2.75) is 6.04 Å². The third-order valence-corrected chi connectivity index (χ3v) is 3.50. The van der Waals surface area contributed by atoms with E-state index in [0.717, 1.165) is 12.1 Å². The van der Waals surface area contributed by atoms with Crippen molar-refractivity contribution in [2.75, 3.05) is 20.6 Å². The number of benzene rings is 2. The lowest BCUT2D eigenvalue weighted by molar-refractivity contribution is 0.0930. The van der Waals surface area contributed by atoms with Gasteiger partial charge in [0.05, 0.1) is 16.6 Å². The van der Waals surface area contributed by atoms with E-state index in [9.17, 15) is 4.79 Å². The maximum Gasteiger partial charge on any atom is 0.253 e. The molecule has 0 aromatic heterocycles. The van der Waals surface area contributed by atoms with Gasteiger partial charge in [0.2, 0.25) is 0 Å². The maximum absolute atomic E-state index is 12.4. The van der Waals surface area contributed by atoms with E-state index in [0.29, 0.717) is 10.6 Å². The topological polar surface area (TPSA) is 32.3 Å². The van der Waals surface area contributed by atoms with Crippen LogP contribution in [0.3, 0.4) is 0 Å². The van der Waals surface area contributed by atoms with E-state index < -0.39 is 0 Å². The molecule has 1 unspecified atom stereocenters. The molecule has 0 heterocycles. The summed E-state index contributed by atoms with van der Waals surface area (Å²) in [4.78, 5) is 14.5. The van der Waals surface area contributed by atoms with Gasteiger partial charge >= 0.3 is 0 Å². The molecule has 0 bridgehead atoms. The average Bonchev–Trinajstić information content (AvgIpc) is 2.47. The highest BCUT2D eigenvalue weighted by molar-refractivity contribution is 6.33. The fourth-order valence-corrected chi connectivity index (χ4v) is 2.39. The summed E-state index contributed by atoms with van der Waals surface area (Å²) >= 11 is 6.08. The van der Waals surface area contributed by atoms with Gasteiger partial charge in [-0.2, -0.15) is 0 Å². The Morgan fingerprint density at radius 2 is 1.71 bits per heavy atom. The number of carbonyl (C=O) groups is 1. The van der Waals surface area contributed by atoms with Gasteiger partial charge in [-0.15, -0.1) is 0 Å². The number of hydrogen-bond donors (Lipinski definition) is 1. The molecule has 1 N–H and O–H groups in total. The van der Waals surface area contributed by atoms with E-state index in [1.165, 1.54) is 0 Å². The molecule has 110 valence electrons. The van der Waals surface area contributed by atoms with E-state index >= 15 is 0 Å². The Labute approximate surface area is 130 Å². The third-order valence-electron chi connectivity index (χ3n) is 3.17. The summed E-state index contributed by atoms with van der Waals surface area (Å²) < 4.78 is 0. The second-order valence-corrected chi connectivity index (χ2v) is 5.59. The average molecular weight is 303 g/mol. The molecule has 0 aliphatic carbocycles. The molecular weight excluding hydrogens is 284 g/mol. The highest BCUT2D eigenvalue weighted by Gasteiger charge is 2.17. The Morgan fingerprint density at radius 3 is 2.33 bits per heavy atom. The molecule has 21 heavy (non-hydrogen) atoms. The molecule has 0 spiro atoms. The Kier molecular flexibility index (Phi) is 5.37. The summed E-state index contributed by atoms with van der Waals surface area (Å²) in [6.07, 6.45) is 0. The van der Waals surface area contributed by atoms with E-state index in [1.54, 1.807) is 12.1 Å². The van der Waals surface area contributed by atoms with Gasteiger partial charge in [0.15, 0.2) is 0 Å². The van der Waals surface area contributed by atoms with E-state index in [1.807, 2.05) is 61.5 Å². The molecule has 0 radical (unpaired) electrons. The number of rotatable bonds is 5. The first-order valence-electron chi connectivity index (χ1n) is 6.83. The molecule has 1 amide bonds. The first-order chi connectivity index (χ1) is 10.1. The highest BCUT2D eigenvalue weighted by atomic mass is 35.5. The van der Waals surface area contributed by atoms with Crippen molar-refractivity contribution in [1.29, 1.82) is 0 Å². The highest BCUT2D eigenvalue weighted by Crippen LogP contribution is 2.18. The van der Waals surface area contributed by atoms with Crippen molar-refractivity contribution >= 4 is 17.5 Å². The van der Waals surface area contributed by atoms with Gasteiger partial charge in [0.25, 0.3) is 5.91 Å². The summed E-state index contributed by atoms with van der Waals surface area (Å²) in [6.45, 7) is 0.722. The number of hydrogen-bond acceptors (Lipinski definition) is 2. The number of nitrogens with zero attached hydrogens (tertiary/aromatic N) is 1. The molecule has 2 aromatic rings. The minimum Gasteiger partial charge on any atom is -0.344 e. The van der Waals surface area contributed by atoms with E-state index in [-0.39, 0.29) is 11.9 Å². The summed E-state index contributed by atoms with van der Waals surface area (Å²) in [7, 11) is 3.97. The molecular formula is C17H19ClN2O. The molecule has 1 atom stereocenters. The van der Waals surface area contributed by atoms with Crippen LogP contribution < -0.4 is 5.32 Å². The quantitative estimate of drug-likeness (QED) is 0.918. The number of carbonyl (C=O) groups excluding carboxylic acids is 1. The lowest BCUT2D eigenvalue weighted by atomic mass is 10.1. The number of likely N-dealkylation sites (N-methyl/N-ethyl adjacent to an activating group) is 1. The van der Waals surface area contributed by atoms with Crippen LogP contribution in [0.15, 0.2) is 54.6 Å². The summed E-state index contributed by atoms with van der Waals surface area (Å²) in [6, 6.07) is 16.9. The molecule has 0 saturated heterocycles. The van der Waals surface area contributed by atoms with Crippen LogP contribution >= 0.6 is 11.6 Å². The monoisotopic (exact) mass is 302 g/mol. The zero-order valence-corrected chi connectivity index (χ0v) is 13.0. The largest absolute Gasteiger partial charge is 0.344 e. The third kappa shape index (κ3) is 4.31. The van der Waals surface area contributed by atoms with Crippen molar-refractivity contribution < 1.29 is 4.79 Å². The lowest BCUT2D eigenvalue weighted by Crippen LogP contribution is -2.35.